The predicted molar refractivity (Wildman–Crippen MR) is 154 cm³/mol. The molecule has 0 radical (unpaired) electrons. The molecule has 0 bridgehead atoms. The monoisotopic (exact) mass is 620 g/mol. The number of anilines is 1. The van der Waals surface area contributed by atoms with Crippen molar-refractivity contribution in [2.45, 2.75) is 56.7 Å². The highest BCUT2D eigenvalue weighted by Gasteiger charge is 2.43. The number of esters is 3. The molecule has 0 unspecified atom stereocenters. The van der Waals surface area contributed by atoms with E-state index in [1.54, 1.807) is 0 Å². The maximum absolute atomic E-state index is 12.8. The van der Waals surface area contributed by atoms with Crippen LogP contribution in [0.15, 0.2) is 63.7 Å². The Labute approximate surface area is 250 Å². The molecule has 0 aliphatic carbocycles. The highest BCUT2D eigenvalue weighted by molar-refractivity contribution is 7.89. The zero-order valence-corrected chi connectivity index (χ0v) is 25.4. The van der Waals surface area contributed by atoms with Gasteiger partial charge in [-0.3, -0.25) is 14.4 Å². The van der Waals surface area contributed by atoms with Gasteiger partial charge in [0.15, 0.2) is 12.4 Å². The molecule has 1 heterocycles. The highest BCUT2D eigenvalue weighted by atomic mass is 32.2. The van der Waals surface area contributed by atoms with Gasteiger partial charge in [0.2, 0.25) is 10.0 Å². The van der Waals surface area contributed by atoms with E-state index in [1.165, 1.54) is 45.0 Å². The molecule has 1 saturated heterocycles. The standard InChI is InChI=1S/C28H36N4O10S/c1-18(33)39-17-27-25(40-19(2)34)16-26(41-20(3)35)28(42-27)38-15-14-29-43(36,37)24-12-8-22(9-13-24)31-30-21-6-10-23(11-7-21)32(4)5/h6-13,25-29H,14-17H2,1-5H3/t25-,26+,27+,28+/m0/s1. The topological polar surface area (TPSA) is 171 Å². The molecule has 4 atom stereocenters. The van der Waals surface area contributed by atoms with Gasteiger partial charge in [0.05, 0.1) is 22.9 Å². The van der Waals surface area contributed by atoms with Gasteiger partial charge in [-0.25, -0.2) is 13.1 Å². The molecule has 234 valence electrons. The SMILES string of the molecule is CC(=O)OC[C@H]1O[C@@H](OCCNS(=O)(=O)c2ccc(N=Nc3ccc(N(C)C)cc3)cc2)[C@H](OC(C)=O)C[C@@H]1OC(C)=O. The van der Waals surface area contributed by atoms with Crippen molar-refractivity contribution in [1.29, 1.82) is 0 Å². The maximum atomic E-state index is 12.8. The largest absolute Gasteiger partial charge is 0.463 e. The molecule has 0 saturated carbocycles. The van der Waals surface area contributed by atoms with Gasteiger partial charge >= 0.3 is 17.9 Å². The highest BCUT2D eigenvalue weighted by Crippen LogP contribution is 2.27. The number of nitrogens with zero attached hydrogens (tertiary/aromatic N) is 3. The summed E-state index contributed by atoms with van der Waals surface area (Å²) >= 11 is 0. The summed E-state index contributed by atoms with van der Waals surface area (Å²) < 4.78 is 55.1. The number of azo groups is 1. The molecular formula is C28H36N4O10S. The van der Waals surface area contributed by atoms with E-state index in [2.05, 4.69) is 15.0 Å². The van der Waals surface area contributed by atoms with E-state index in [9.17, 15) is 22.8 Å². The third-order valence-electron chi connectivity index (χ3n) is 6.05. The van der Waals surface area contributed by atoms with Crippen LogP contribution in [0, 0.1) is 0 Å². The minimum Gasteiger partial charge on any atom is -0.463 e. The third kappa shape index (κ3) is 10.7. The van der Waals surface area contributed by atoms with E-state index in [-0.39, 0.29) is 31.1 Å². The number of hydrogen-bond donors (Lipinski definition) is 1. The van der Waals surface area contributed by atoms with E-state index in [0.29, 0.717) is 11.4 Å². The first-order chi connectivity index (χ1) is 20.3. The fourth-order valence-corrected chi connectivity index (χ4v) is 5.06. The van der Waals surface area contributed by atoms with E-state index >= 15 is 0 Å². The molecule has 2 aromatic carbocycles. The Morgan fingerprint density at radius 2 is 1.44 bits per heavy atom. The van der Waals surface area contributed by atoms with Crippen LogP contribution in [0.2, 0.25) is 0 Å². The first kappa shape index (κ1) is 33.6. The number of hydrogen-bond acceptors (Lipinski definition) is 13. The number of carbonyl (C=O) groups is 3. The van der Waals surface area contributed by atoms with Crippen LogP contribution in [0.4, 0.5) is 17.1 Å². The maximum Gasteiger partial charge on any atom is 0.303 e. The summed E-state index contributed by atoms with van der Waals surface area (Å²) in [6.45, 7) is 3.10. The van der Waals surface area contributed by atoms with Gasteiger partial charge in [-0.2, -0.15) is 10.2 Å². The van der Waals surface area contributed by atoms with Gasteiger partial charge in [0, 0.05) is 53.5 Å². The van der Waals surface area contributed by atoms with Gasteiger partial charge in [0.1, 0.15) is 18.8 Å². The second-order valence-corrected chi connectivity index (χ2v) is 11.5. The molecule has 0 aromatic heterocycles. The van der Waals surface area contributed by atoms with Crippen LogP contribution in [-0.4, -0.2) is 84.8 Å². The minimum atomic E-state index is -3.89. The van der Waals surface area contributed by atoms with Crippen molar-refractivity contribution in [2.75, 3.05) is 38.8 Å². The van der Waals surface area contributed by atoms with E-state index in [4.69, 9.17) is 23.7 Å². The van der Waals surface area contributed by atoms with E-state index in [0.717, 1.165) is 5.69 Å². The van der Waals surface area contributed by atoms with Crippen LogP contribution in [-0.2, 0) is 48.1 Å². The van der Waals surface area contributed by atoms with Gasteiger partial charge in [-0.05, 0) is 48.5 Å². The molecule has 15 heteroatoms. The molecule has 14 nitrogen and oxygen atoms in total. The molecule has 1 aliphatic heterocycles. The molecule has 3 rings (SSSR count). The molecular weight excluding hydrogens is 584 g/mol. The first-order valence-corrected chi connectivity index (χ1v) is 14.9. The molecule has 0 amide bonds. The van der Waals surface area contributed by atoms with Crippen molar-refractivity contribution in [1.82, 2.24) is 4.72 Å². The molecule has 1 fully saturated rings. The Morgan fingerprint density at radius 1 is 0.884 bits per heavy atom. The second kappa shape index (κ2) is 15.5. The number of nitrogens with one attached hydrogen (secondary N) is 1. The zero-order valence-electron chi connectivity index (χ0n) is 24.6. The normalized spacial score (nSPS) is 20.4. The number of ether oxygens (including phenoxy) is 5. The van der Waals surface area contributed by atoms with E-state index < -0.39 is 52.5 Å². The molecule has 43 heavy (non-hydrogen) atoms. The summed E-state index contributed by atoms with van der Waals surface area (Å²) in [4.78, 5) is 36.5. The van der Waals surface area contributed by atoms with Crippen molar-refractivity contribution >= 4 is 45.0 Å². The van der Waals surface area contributed by atoms with Crippen LogP contribution in [0.3, 0.4) is 0 Å². The van der Waals surface area contributed by atoms with Crippen LogP contribution >= 0.6 is 0 Å². The average molecular weight is 621 g/mol. The van der Waals surface area contributed by atoms with Crippen molar-refractivity contribution in [2.24, 2.45) is 10.2 Å². The Balaban J connectivity index is 1.57. The molecule has 0 spiro atoms. The molecule has 2 aromatic rings. The summed E-state index contributed by atoms with van der Waals surface area (Å²) in [5.41, 5.74) is 2.15. The summed E-state index contributed by atoms with van der Waals surface area (Å²) in [6.07, 6.45) is -3.84. The van der Waals surface area contributed by atoms with Gasteiger partial charge in [-0.1, -0.05) is 0 Å². The number of rotatable bonds is 13. The van der Waals surface area contributed by atoms with Crippen LogP contribution < -0.4 is 9.62 Å². The van der Waals surface area contributed by atoms with Crippen molar-refractivity contribution in [3.63, 3.8) is 0 Å². The van der Waals surface area contributed by atoms with Crippen molar-refractivity contribution < 1.29 is 46.5 Å². The van der Waals surface area contributed by atoms with Crippen LogP contribution in [0.5, 0.6) is 0 Å². The lowest BCUT2D eigenvalue weighted by Crippen LogP contribution is -2.53. The Hall–Kier alpha value is -3.92. The van der Waals surface area contributed by atoms with Crippen LogP contribution in [0.25, 0.3) is 0 Å². The number of sulfonamides is 1. The van der Waals surface area contributed by atoms with Crippen molar-refractivity contribution in [3.05, 3.63) is 48.5 Å². The fraction of sp³-hybridized carbons (Fsp3) is 0.464. The zero-order chi connectivity index (χ0) is 31.6. The smallest absolute Gasteiger partial charge is 0.303 e. The average Bonchev–Trinajstić information content (AvgIpc) is 2.94. The van der Waals surface area contributed by atoms with Gasteiger partial charge in [0.25, 0.3) is 0 Å². The second-order valence-electron chi connectivity index (χ2n) is 9.75. The number of benzene rings is 2. The van der Waals surface area contributed by atoms with Gasteiger partial charge in [-0.15, -0.1) is 0 Å². The third-order valence-corrected chi connectivity index (χ3v) is 7.52. The molecule has 1 aliphatic rings. The summed E-state index contributed by atoms with van der Waals surface area (Å²) in [5.74, 6) is -1.78. The quantitative estimate of drug-likeness (QED) is 0.151. The first-order valence-electron chi connectivity index (χ1n) is 13.4. The molecule has 1 N–H and O–H groups in total. The lowest BCUT2D eigenvalue weighted by Gasteiger charge is -2.39. The van der Waals surface area contributed by atoms with Gasteiger partial charge < -0.3 is 28.6 Å². The Bertz CT molecular complexity index is 1380. The lowest BCUT2D eigenvalue weighted by molar-refractivity contribution is -0.276. The Morgan fingerprint density at radius 3 is 1.98 bits per heavy atom. The number of carbonyl (C=O) groups excluding carboxylic acids is 3. The fourth-order valence-electron chi connectivity index (χ4n) is 4.05. The minimum absolute atomic E-state index is 0.0131. The summed E-state index contributed by atoms with van der Waals surface area (Å²) in [7, 11) is -0.0154. The Kier molecular flexibility index (Phi) is 12.1. The van der Waals surface area contributed by atoms with E-state index in [1.807, 2.05) is 43.3 Å². The van der Waals surface area contributed by atoms with Crippen LogP contribution in [0.1, 0.15) is 27.2 Å². The van der Waals surface area contributed by atoms with Crippen molar-refractivity contribution in [3.8, 4) is 0 Å². The lowest BCUT2D eigenvalue weighted by atomic mass is 10.0. The summed E-state index contributed by atoms with van der Waals surface area (Å²) in [5, 5.41) is 8.32. The summed E-state index contributed by atoms with van der Waals surface area (Å²) in [6, 6.07) is 13.4. The predicted octanol–water partition coefficient (Wildman–Crippen LogP) is 3.00.